The van der Waals surface area contributed by atoms with Gasteiger partial charge in [-0.1, -0.05) is 12.8 Å². The summed E-state index contributed by atoms with van der Waals surface area (Å²) in [6, 6.07) is 2.45. The maximum absolute atomic E-state index is 13.8. The minimum atomic E-state index is -4.19. The zero-order valence-electron chi connectivity index (χ0n) is 11.2. The van der Waals surface area contributed by atoms with E-state index in [1.54, 1.807) is 0 Å². The van der Waals surface area contributed by atoms with E-state index >= 15 is 0 Å². The number of sulfonamides is 1. The molecule has 1 saturated heterocycles. The van der Waals surface area contributed by atoms with E-state index < -0.39 is 37.5 Å². The average Bonchev–Trinajstić information content (AvgIpc) is 2.63. The first-order chi connectivity index (χ1) is 9.84. The normalized spacial score (nSPS) is 21.0. The molecule has 1 fully saturated rings. The smallest absolute Gasteiger partial charge is 0.270 e. The Morgan fingerprint density at radius 1 is 1.33 bits per heavy atom. The third-order valence-electron chi connectivity index (χ3n) is 3.46. The quantitative estimate of drug-likeness (QED) is 0.673. The molecule has 0 saturated carbocycles. The average molecular weight is 317 g/mol. The lowest BCUT2D eigenvalue weighted by atomic mass is 10.2. The Bertz CT molecular complexity index is 650. The number of benzene rings is 1. The van der Waals surface area contributed by atoms with Crippen molar-refractivity contribution in [2.45, 2.75) is 36.7 Å². The maximum atomic E-state index is 13.8. The molecule has 0 bridgehead atoms. The van der Waals surface area contributed by atoms with Crippen molar-refractivity contribution in [1.29, 1.82) is 0 Å². The van der Waals surface area contributed by atoms with Gasteiger partial charge in [-0.25, -0.2) is 12.8 Å². The molecule has 1 heterocycles. The number of nitrogens with zero attached hydrogens (tertiary/aromatic N) is 2. The summed E-state index contributed by atoms with van der Waals surface area (Å²) in [6.07, 6.45) is 2.01. The molecule has 9 heteroatoms. The van der Waals surface area contributed by atoms with Crippen molar-refractivity contribution in [3.8, 4) is 0 Å². The van der Waals surface area contributed by atoms with Crippen LogP contribution in [0.5, 0.6) is 0 Å². The van der Waals surface area contributed by atoms with Crippen LogP contribution in [0.1, 0.15) is 25.7 Å². The Morgan fingerprint density at radius 3 is 2.71 bits per heavy atom. The fourth-order valence-corrected chi connectivity index (χ4v) is 4.00. The number of nitro benzene ring substituents is 1. The molecule has 1 atom stereocenters. The highest BCUT2D eigenvalue weighted by Gasteiger charge is 2.33. The SMILES string of the molecule is NC1CCCCCN1S(=O)(=O)c1cc([N+](=O)[O-])ccc1F. The van der Waals surface area contributed by atoms with Crippen LogP contribution < -0.4 is 5.73 Å². The van der Waals surface area contributed by atoms with Gasteiger partial charge in [0.25, 0.3) is 5.69 Å². The van der Waals surface area contributed by atoms with E-state index in [-0.39, 0.29) is 6.54 Å². The van der Waals surface area contributed by atoms with Crippen molar-refractivity contribution in [3.05, 3.63) is 34.1 Å². The molecule has 2 rings (SSSR count). The molecule has 1 unspecified atom stereocenters. The van der Waals surface area contributed by atoms with E-state index in [1.165, 1.54) is 0 Å². The van der Waals surface area contributed by atoms with E-state index in [1.807, 2.05) is 0 Å². The molecule has 0 aromatic heterocycles. The Kier molecular flexibility index (Phi) is 4.55. The maximum Gasteiger partial charge on any atom is 0.270 e. The molecule has 116 valence electrons. The highest BCUT2D eigenvalue weighted by Crippen LogP contribution is 2.27. The third kappa shape index (κ3) is 3.20. The van der Waals surface area contributed by atoms with Crippen LogP contribution in [0.4, 0.5) is 10.1 Å². The van der Waals surface area contributed by atoms with Crippen molar-refractivity contribution in [2.75, 3.05) is 6.54 Å². The van der Waals surface area contributed by atoms with Gasteiger partial charge in [0.1, 0.15) is 10.7 Å². The number of non-ortho nitro benzene ring substituents is 1. The van der Waals surface area contributed by atoms with E-state index in [0.717, 1.165) is 35.3 Å². The monoisotopic (exact) mass is 317 g/mol. The van der Waals surface area contributed by atoms with Crippen molar-refractivity contribution in [3.63, 3.8) is 0 Å². The zero-order valence-corrected chi connectivity index (χ0v) is 12.1. The summed E-state index contributed by atoms with van der Waals surface area (Å²) in [5, 5.41) is 10.7. The van der Waals surface area contributed by atoms with Crippen LogP contribution >= 0.6 is 0 Å². The minimum Gasteiger partial charge on any atom is -0.315 e. The molecular formula is C12H16FN3O4S. The lowest BCUT2D eigenvalue weighted by Crippen LogP contribution is -2.45. The Morgan fingerprint density at radius 2 is 2.05 bits per heavy atom. The first-order valence-corrected chi connectivity index (χ1v) is 7.99. The predicted octanol–water partition coefficient (Wildman–Crippen LogP) is 1.58. The van der Waals surface area contributed by atoms with E-state index in [4.69, 9.17) is 5.73 Å². The first kappa shape index (κ1) is 15.8. The minimum absolute atomic E-state index is 0.186. The fraction of sp³-hybridized carbons (Fsp3) is 0.500. The summed E-state index contributed by atoms with van der Waals surface area (Å²) in [5.41, 5.74) is 5.37. The van der Waals surface area contributed by atoms with Gasteiger partial charge in [0.05, 0.1) is 11.1 Å². The van der Waals surface area contributed by atoms with Gasteiger partial charge in [-0.2, -0.15) is 4.31 Å². The summed E-state index contributed by atoms with van der Waals surface area (Å²) < 4.78 is 39.9. The number of nitro groups is 1. The molecule has 1 aliphatic heterocycles. The third-order valence-corrected chi connectivity index (χ3v) is 5.40. The highest BCUT2D eigenvalue weighted by molar-refractivity contribution is 7.89. The van der Waals surface area contributed by atoms with Gasteiger partial charge in [-0.05, 0) is 18.9 Å². The van der Waals surface area contributed by atoms with Gasteiger partial charge in [-0.15, -0.1) is 0 Å². The first-order valence-electron chi connectivity index (χ1n) is 6.55. The van der Waals surface area contributed by atoms with Gasteiger partial charge < -0.3 is 5.73 Å². The fourth-order valence-electron chi connectivity index (χ4n) is 2.34. The van der Waals surface area contributed by atoms with Crippen molar-refractivity contribution < 1.29 is 17.7 Å². The number of nitrogens with two attached hydrogens (primary N) is 1. The molecule has 1 aromatic carbocycles. The van der Waals surface area contributed by atoms with Crippen LogP contribution in [-0.2, 0) is 10.0 Å². The standard InChI is InChI=1S/C12H16FN3O4S/c13-10-6-5-9(16(17)18)8-11(10)21(19,20)15-7-3-1-2-4-12(15)14/h5-6,8,12H,1-4,7,14H2. The molecule has 0 spiro atoms. The van der Waals surface area contributed by atoms with Gasteiger partial charge >= 0.3 is 0 Å². The highest BCUT2D eigenvalue weighted by atomic mass is 32.2. The van der Waals surface area contributed by atoms with Crippen LogP contribution in [0.2, 0.25) is 0 Å². The topological polar surface area (TPSA) is 107 Å². The summed E-state index contributed by atoms with van der Waals surface area (Å²) in [4.78, 5) is 9.27. The summed E-state index contributed by atoms with van der Waals surface area (Å²) in [7, 11) is -4.19. The molecule has 0 radical (unpaired) electrons. The van der Waals surface area contributed by atoms with E-state index in [9.17, 15) is 22.9 Å². The summed E-state index contributed by atoms with van der Waals surface area (Å²) in [5.74, 6) is -1.02. The lowest BCUT2D eigenvalue weighted by Gasteiger charge is -2.26. The molecular weight excluding hydrogens is 301 g/mol. The van der Waals surface area contributed by atoms with Crippen molar-refractivity contribution in [2.24, 2.45) is 5.73 Å². The van der Waals surface area contributed by atoms with E-state index in [2.05, 4.69) is 0 Å². The number of hydrogen-bond donors (Lipinski definition) is 1. The van der Waals surface area contributed by atoms with Crippen LogP contribution in [0.3, 0.4) is 0 Å². The van der Waals surface area contributed by atoms with Crippen LogP contribution in [-0.4, -0.2) is 30.4 Å². The Balaban J connectivity index is 2.47. The number of hydrogen-bond acceptors (Lipinski definition) is 5. The molecule has 0 aliphatic carbocycles. The molecule has 1 aliphatic rings. The van der Waals surface area contributed by atoms with Gasteiger partial charge in [-0.3, -0.25) is 10.1 Å². The second-order valence-corrected chi connectivity index (χ2v) is 6.76. The van der Waals surface area contributed by atoms with Crippen molar-refractivity contribution >= 4 is 15.7 Å². The molecule has 1 aromatic rings. The number of halogens is 1. The van der Waals surface area contributed by atoms with Crippen LogP contribution in [0.25, 0.3) is 0 Å². The second kappa shape index (κ2) is 6.04. The molecule has 21 heavy (non-hydrogen) atoms. The second-order valence-electron chi connectivity index (χ2n) is 4.90. The summed E-state index contributed by atoms with van der Waals surface area (Å²) in [6.45, 7) is 0.186. The number of rotatable bonds is 3. The van der Waals surface area contributed by atoms with Crippen molar-refractivity contribution in [1.82, 2.24) is 4.31 Å². The van der Waals surface area contributed by atoms with E-state index in [0.29, 0.717) is 12.8 Å². The molecule has 0 amide bonds. The van der Waals surface area contributed by atoms with Gasteiger partial charge in [0.2, 0.25) is 10.0 Å². The van der Waals surface area contributed by atoms with Crippen LogP contribution in [0, 0.1) is 15.9 Å². The Hall–Kier alpha value is -1.58. The van der Waals surface area contributed by atoms with Gasteiger partial charge in [0, 0.05) is 18.7 Å². The molecule has 7 nitrogen and oxygen atoms in total. The predicted molar refractivity (Wildman–Crippen MR) is 73.4 cm³/mol. The Labute approximate surface area is 121 Å². The largest absolute Gasteiger partial charge is 0.315 e. The molecule has 2 N–H and O–H groups in total. The lowest BCUT2D eigenvalue weighted by molar-refractivity contribution is -0.385. The van der Waals surface area contributed by atoms with Gasteiger partial charge in [0.15, 0.2) is 0 Å². The van der Waals surface area contributed by atoms with Crippen LogP contribution in [0.15, 0.2) is 23.1 Å². The summed E-state index contributed by atoms with van der Waals surface area (Å²) >= 11 is 0. The zero-order chi connectivity index (χ0) is 15.6.